The van der Waals surface area contributed by atoms with Gasteiger partial charge in [0.05, 0.1) is 28.5 Å². The first-order chi connectivity index (χ1) is 10.9. The van der Waals surface area contributed by atoms with Crippen molar-refractivity contribution in [1.82, 2.24) is 5.06 Å². The molecule has 2 aliphatic carbocycles. The first kappa shape index (κ1) is 19.3. The minimum atomic E-state index is -1.91. The molecular weight excluding hydrogens is 443 g/mol. The molecule has 134 valence electrons. The van der Waals surface area contributed by atoms with E-state index in [0.717, 1.165) is 0 Å². The van der Waals surface area contributed by atoms with Crippen LogP contribution in [0.3, 0.4) is 0 Å². The van der Waals surface area contributed by atoms with Crippen molar-refractivity contribution in [3.05, 3.63) is 10.1 Å². The molecule has 4 atom stereocenters. The summed E-state index contributed by atoms with van der Waals surface area (Å²) in [5.41, 5.74) is 0. The van der Waals surface area contributed by atoms with Crippen LogP contribution < -0.4 is 0 Å². The second kappa shape index (κ2) is 5.79. The quantitative estimate of drug-likeness (QED) is 0.466. The number of allylic oxidation sites excluding steroid dienone is 2. The zero-order valence-electron chi connectivity index (χ0n) is 12.6. The molecule has 0 radical (unpaired) electrons. The minimum absolute atomic E-state index is 0.114. The Labute approximate surface area is 169 Å². The summed E-state index contributed by atoms with van der Waals surface area (Å²) >= 11 is 38.2. The smallest absolute Gasteiger partial charge is 0.259 e. The first-order valence-corrected chi connectivity index (χ1v) is 9.53. The van der Waals surface area contributed by atoms with Gasteiger partial charge in [0.15, 0.2) is 4.33 Å². The topological polar surface area (TPSA) is 46.6 Å². The number of alkyl halides is 4. The van der Waals surface area contributed by atoms with Gasteiger partial charge in [0.1, 0.15) is 9.75 Å². The Kier molecular flexibility index (Phi) is 4.66. The van der Waals surface area contributed by atoms with Crippen molar-refractivity contribution < 1.29 is 14.4 Å². The molecule has 10 heteroatoms. The van der Waals surface area contributed by atoms with E-state index in [0.29, 0.717) is 17.4 Å². The van der Waals surface area contributed by atoms with Crippen LogP contribution in [0.1, 0.15) is 20.3 Å². The molecule has 0 aromatic heterocycles. The summed E-state index contributed by atoms with van der Waals surface area (Å²) in [6, 6.07) is 0. The maximum atomic E-state index is 12.7. The highest BCUT2D eigenvalue weighted by Gasteiger charge is 2.87. The SMILES string of the molecule is CC(C)CCON1C(=O)[C@H]2[C@H](C1=O)[C@]1(Cl)C(Cl)=C(Cl)[C@]2(Cl)C1(Cl)Cl. The summed E-state index contributed by atoms with van der Waals surface area (Å²) in [5, 5.41) is 0.462. The lowest BCUT2D eigenvalue weighted by Gasteiger charge is -2.34. The number of carbonyl (C=O) groups is 2. The van der Waals surface area contributed by atoms with Gasteiger partial charge >= 0.3 is 0 Å². The largest absolute Gasteiger partial charge is 0.272 e. The van der Waals surface area contributed by atoms with Crippen molar-refractivity contribution >= 4 is 81.4 Å². The summed E-state index contributed by atoms with van der Waals surface area (Å²) in [5.74, 6) is -3.28. The number of carbonyl (C=O) groups excluding carboxylic acids is 2. The lowest BCUT2D eigenvalue weighted by Crippen LogP contribution is -2.50. The van der Waals surface area contributed by atoms with Crippen molar-refractivity contribution in [3.8, 4) is 0 Å². The number of rotatable bonds is 4. The summed E-state index contributed by atoms with van der Waals surface area (Å²) in [7, 11) is 0. The average molecular weight is 456 g/mol. The van der Waals surface area contributed by atoms with Crippen molar-refractivity contribution in [2.45, 2.75) is 34.3 Å². The Morgan fingerprint density at radius 3 is 1.79 bits per heavy atom. The molecule has 1 saturated heterocycles. The fraction of sp³-hybridized carbons (Fsp3) is 0.714. The van der Waals surface area contributed by atoms with Crippen LogP contribution in [0.25, 0.3) is 0 Å². The summed E-state index contributed by atoms with van der Waals surface area (Å²) in [6.07, 6.45) is 0.666. The number of hydrogen-bond donors (Lipinski definition) is 0. The Morgan fingerprint density at radius 2 is 1.42 bits per heavy atom. The van der Waals surface area contributed by atoms with Gasteiger partial charge in [-0.3, -0.25) is 14.4 Å². The molecule has 24 heavy (non-hydrogen) atoms. The van der Waals surface area contributed by atoms with Gasteiger partial charge in [-0.2, -0.15) is 5.06 Å². The minimum Gasteiger partial charge on any atom is -0.272 e. The molecular formula is C14H13Cl6NO3. The van der Waals surface area contributed by atoms with E-state index in [-0.39, 0.29) is 16.7 Å². The van der Waals surface area contributed by atoms with E-state index in [4.69, 9.17) is 74.4 Å². The second-order valence-corrected chi connectivity index (χ2v) is 9.84. The third kappa shape index (κ3) is 2.00. The number of nitrogens with zero attached hydrogens (tertiary/aromatic N) is 1. The van der Waals surface area contributed by atoms with Gasteiger partial charge in [-0.05, 0) is 12.3 Å². The molecule has 0 spiro atoms. The zero-order valence-corrected chi connectivity index (χ0v) is 17.1. The molecule has 1 aliphatic heterocycles. The molecule has 2 bridgehead atoms. The van der Waals surface area contributed by atoms with Crippen LogP contribution in [-0.2, 0) is 14.4 Å². The van der Waals surface area contributed by atoms with Gasteiger partial charge in [0.2, 0.25) is 0 Å². The maximum absolute atomic E-state index is 12.7. The van der Waals surface area contributed by atoms with Crippen molar-refractivity contribution in [3.63, 3.8) is 0 Å². The molecule has 0 aromatic carbocycles. The highest BCUT2D eigenvalue weighted by atomic mass is 35.5. The molecule has 0 unspecified atom stereocenters. The number of halogens is 6. The third-order valence-corrected chi connectivity index (χ3v) is 9.04. The second-order valence-electron chi connectivity index (χ2n) is 6.57. The van der Waals surface area contributed by atoms with Crippen LogP contribution >= 0.6 is 69.6 Å². The predicted octanol–water partition coefficient (Wildman–Crippen LogP) is 4.41. The number of hydrogen-bond acceptors (Lipinski definition) is 3. The van der Waals surface area contributed by atoms with E-state index in [1.165, 1.54) is 0 Å². The molecule has 0 aromatic rings. The molecule has 1 heterocycles. The number of fused-ring (bicyclic) bond motifs is 5. The zero-order chi connectivity index (χ0) is 18.2. The van der Waals surface area contributed by atoms with Crippen LogP contribution in [0.4, 0.5) is 0 Å². The Balaban J connectivity index is 1.99. The maximum Gasteiger partial charge on any atom is 0.259 e. The van der Waals surface area contributed by atoms with Crippen LogP contribution in [-0.4, -0.2) is 37.6 Å². The molecule has 4 nitrogen and oxygen atoms in total. The lowest BCUT2D eigenvalue weighted by molar-refractivity contribution is -0.190. The Hall–Kier alpha value is 0.580. The normalized spacial score (nSPS) is 40.3. The van der Waals surface area contributed by atoms with E-state index < -0.39 is 37.7 Å². The number of imide groups is 1. The fourth-order valence-corrected chi connectivity index (χ4v) is 6.41. The van der Waals surface area contributed by atoms with Crippen LogP contribution in [0, 0.1) is 17.8 Å². The Bertz CT molecular complexity index is 619. The standard InChI is InChI=1S/C14H13Cl6NO3/c1-5(2)3-4-24-21-10(22)6-7(11(21)23)13(18)9(16)8(15)12(6,17)14(13,19)20/h5-7H,3-4H2,1-2H3/t6-,7-,12+,13+/m1/s1. The van der Waals surface area contributed by atoms with Crippen LogP contribution in [0.2, 0.25) is 0 Å². The first-order valence-electron chi connectivity index (χ1n) is 7.26. The molecule has 3 aliphatic rings. The van der Waals surface area contributed by atoms with Gasteiger partial charge in [0, 0.05) is 0 Å². The summed E-state index contributed by atoms with van der Waals surface area (Å²) in [4.78, 5) is 27.3. The van der Waals surface area contributed by atoms with E-state index in [2.05, 4.69) is 0 Å². The fourth-order valence-electron chi connectivity index (χ4n) is 3.48. The molecule has 1 saturated carbocycles. The lowest BCUT2D eigenvalue weighted by atomic mass is 9.84. The van der Waals surface area contributed by atoms with Gasteiger partial charge in [0.25, 0.3) is 11.8 Å². The van der Waals surface area contributed by atoms with Crippen LogP contribution in [0.15, 0.2) is 10.1 Å². The Morgan fingerprint density at radius 1 is 1.00 bits per heavy atom. The monoisotopic (exact) mass is 453 g/mol. The molecule has 2 fully saturated rings. The van der Waals surface area contributed by atoms with E-state index in [1.54, 1.807) is 0 Å². The number of hydroxylamine groups is 2. The van der Waals surface area contributed by atoms with Crippen molar-refractivity contribution in [2.75, 3.05) is 6.61 Å². The van der Waals surface area contributed by atoms with Crippen LogP contribution in [0.5, 0.6) is 0 Å². The van der Waals surface area contributed by atoms with Gasteiger partial charge in [-0.15, -0.1) is 23.2 Å². The van der Waals surface area contributed by atoms with E-state index >= 15 is 0 Å². The van der Waals surface area contributed by atoms with Gasteiger partial charge in [-0.25, -0.2) is 0 Å². The molecule has 2 amide bonds. The highest BCUT2D eigenvalue weighted by Crippen LogP contribution is 2.77. The van der Waals surface area contributed by atoms with Crippen molar-refractivity contribution in [2.24, 2.45) is 17.8 Å². The third-order valence-electron chi connectivity index (χ3n) is 4.78. The predicted molar refractivity (Wildman–Crippen MR) is 94.6 cm³/mol. The van der Waals surface area contributed by atoms with E-state index in [9.17, 15) is 9.59 Å². The summed E-state index contributed by atoms with van der Waals surface area (Å²) < 4.78 is -1.91. The van der Waals surface area contributed by atoms with Gasteiger partial charge < -0.3 is 0 Å². The molecule has 0 N–H and O–H groups in total. The van der Waals surface area contributed by atoms with E-state index in [1.807, 2.05) is 13.8 Å². The van der Waals surface area contributed by atoms with Gasteiger partial charge in [-0.1, -0.05) is 60.3 Å². The summed E-state index contributed by atoms with van der Waals surface area (Å²) in [6.45, 7) is 4.18. The number of amides is 2. The van der Waals surface area contributed by atoms with Crippen molar-refractivity contribution in [1.29, 1.82) is 0 Å². The molecule has 3 rings (SSSR count). The highest BCUT2D eigenvalue weighted by molar-refractivity contribution is 6.66. The average Bonchev–Trinajstić information content (AvgIpc) is 2.86.